The van der Waals surface area contributed by atoms with E-state index in [0.717, 1.165) is 27.7 Å². The average molecular weight is 725 g/mol. The number of nitrogens with zero attached hydrogens (tertiary/aromatic N) is 2. The van der Waals surface area contributed by atoms with Gasteiger partial charge in [0.1, 0.15) is 0 Å². The summed E-state index contributed by atoms with van der Waals surface area (Å²) in [5.41, 5.74) is 23.6. The zero-order valence-electron chi connectivity index (χ0n) is 31.7. The maximum atomic E-state index is 5.35. The molecule has 0 N–H and O–H groups in total. The standard InChI is InChI=1S/C55H36N2/c1-54(2)42-21-8-5-18-38(42)51-34(20-13-25-46(51)54)33-29-30-49-40(31-33)53-41(37-17-7-12-27-48(37)56-53)32-57(49)50-28-14-26-47-52(50)39-19-6-11-24-45(39)55(47)43-22-9-3-15-35(43)36-16-4-10-23-44(36)55/h3-32H,1-2H3. The number of hydrogen-bond acceptors (Lipinski definition) is 1. The molecule has 0 radical (unpaired) electrons. The molecule has 2 heteroatoms. The summed E-state index contributed by atoms with van der Waals surface area (Å²) in [6.45, 7) is 4.72. The van der Waals surface area contributed by atoms with Gasteiger partial charge in [0.25, 0.3) is 0 Å². The first-order valence-electron chi connectivity index (χ1n) is 20.1. The summed E-state index contributed by atoms with van der Waals surface area (Å²) in [5, 5.41) is 2.33. The predicted octanol–water partition coefficient (Wildman–Crippen LogP) is 13.6. The van der Waals surface area contributed by atoms with Crippen LogP contribution in [0.2, 0.25) is 0 Å². The van der Waals surface area contributed by atoms with Gasteiger partial charge in [-0.15, -0.1) is 0 Å². The van der Waals surface area contributed by atoms with Gasteiger partial charge in [-0.2, -0.15) is 0 Å². The molecule has 0 aromatic heterocycles. The van der Waals surface area contributed by atoms with Crippen molar-refractivity contribution in [1.29, 1.82) is 0 Å². The van der Waals surface area contributed by atoms with E-state index >= 15 is 0 Å². The number of aromatic nitrogens is 2. The molecule has 57 heavy (non-hydrogen) atoms. The summed E-state index contributed by atoms with van der Waals surface area (Å²) in [7, 11) is 0. The minimum Gasteiger partial charge on any atom is -0.315 e. The highest BCUT2D eigenvalue weighted by Crippen LogP contribution is 2.63. The molecule has 2 aliphatic heterocycles. The van der Waals surface area contributed by atoms with E-state index in [4.69, 9.17) is 4.98 Å². The molecule has 0 atom stereocenters. The Labute approximate surface area is 331 Å². The molecule has 5 aliphatic rings. The third-order valence-corrected chi connectivity index (χ3v) is 13.6. The van der Waals surface area contributed by atoms with Crippen molar-refractivity contribution < 1.29 is 0 Å². The van der Waals surface area contributed by atoms with Crippen molar-refractivity contribution in [1.82, 2.24) is 9.55 Å². The Hall–Kier alpha value is -7.03. The highest BCUT2D eigenvalue weighted by atomic mass is 15.0. The summed E-state index contributed by atoms with van der Waals surface area (Å²) in [4.78, 5) is 5.35. The second-order valence-corrected chi connectivity index (χ2v) is 16.6. The zero-order chi connectivity index (χ0) is 37.6. The Morgan fingerprint density at radius 1 is 0.421 bits per heavy atom. The van der Waals surface area contributed by atoms with E-state index in [9.17, 15) is 0 Å². The second-order valence-electron chi connectivity index (χ2n) is 16.6. The molecule has 0 saturated heterocycles. The van der Waals surface area contributed by atoms with E-state index in [0.29, 0.717) is 0 Å². The van der Waals surface area contributed by atoms with Crippen LogP contribution in [0.4, 0.5) is 0 Å². The SMILES string of the molecule is CC1(C)c2ccccc2-c2c(-c3ccc4c(c3)c3nc5ccccc5c-3cn4-c3cccc4c3-c3ccccc3C43c4ccccc4-c4ccccc43)cccc21. The number of fused-ring (bicyclic) bond motifs is 18. The second kappa shape index (κ2) is 10.8. The summed E-state index contributed by atoms with van der Waals surface area (Å²) >= 11 is 0. The molecular weight excluding hydrogens is 689 g/mol. The maximum Gasteiger partial charge on any atom is 0.0824 e. The fourth-order valence-electron chi connectivity index (χ4n) is 11.3. The van der Waals surface area contributed by atoms with E-state index < -0.39 is 5.41 Å². The molecule has 0 unspecified atom stereocenters. The smallest absolute Gasteiger partial charge is 0.0824 e. The number of hydrogen-bond donors (Lipinski definition) is 0. The van der Waals surface area contributed by atoms with Crippen LogP contribution in [-0.2, 0) is 10.8 Å². The van der Waals surface area contributed by atoms with Crippen LogP contribution >= 0.6 is 0 Å². The lowest BCUT2D eigenvalue weighted by molar-refractivity contribution is 0.660. The molecule has 13 rings (SSSR count). The van der Waals surface area contributed by atoms with Gasteiger partial charge < -0.3 is 4.57 Å². The molecule has 0 fully saturated rings. The first-order chi connectivity index (χ1) is 28.0. The van der Waals surface area contributed by atoms with Crippen LogP contribution in [-0.4, -0.2) is 9.55 Å². The Morgan fingerprint density at radius 2 is 0.982 bits per heavy atom. The van der Waals surface area contributed by atoms with Crippen LogP contribution < -0.4 is 0 Å². The number of benzene rings is 8. The van der Waals surface area contributed by atoms with Crippen molar-refractivity contribution in [2.24, 2.45) is 0 Å². The maximum absolute atomic E-state index is 5.35. The minimum atomic E-state index is -0.408. The molecular formula is C55H36N2. The van der Waals surface area contributed by atoms with Crippen LogP contribution in [0.3, 0.4) is 0 Å². The molecule has 2 heterocycles. The fourth-order valence-corrected chi connectivity index (χ4v) is 11.3. The normalized spacial score (nSPS) is 14.8. The van der Waals surface area contributed by atoms with E-state index in [1.165, 1.54) is 89.0 Å². The lowest BCUT2D eigenvalue weighted by Crippen LogP contribution is -2.25. The molecule has 8 aromatic carbocycles. The first kappa shape index (κ1) is 31.2. The van der Waals surface area contributed by atoms with Crippen LogP contribution in [0.25, 0.3) is 83.3 Å². The van der Waals surface area contributed by atoms with Crippen LogP contribution in [0.5, 0.6) is 0 Å². The van der Waals surface area contributed by atoms with Gasteiger partial charge >= 0.3 is 0 Å². The largest absolute Gasteiger partial charge is 0.315 e. The molecule has 0 amide bonds. The van der Waals surface area contributed by atoms with Gasteiger partial charge in [-0.3, -0.25) is 0 Å². The fraction of sp³-hybridized carbons (Fsp3) is 0.0727. The molecule has 266 valence electrons. The van der Waals surface area contributed by atoms with Crippen molar-refractivity contribution in [3.8, 4) is 61.5 Å². The Bertz CT molecular complexity index is 3290. The molecule has 3 aliphatic carbocycles. The number of rotatable bonds is 2. The molecule has 8 aromatic rings. The topological polar surface area (TPSA) is 17.8 Å². The van der Waals surface area contributed by atoms with Gasteiger partial charge in [0.2, 0.25) is 0 Å². The highest BCUT2D eigenvalue weighted by molar-refractivity contribution is 6.09. The van der Waals surface area contributed by atoms with Gasteiger partial charge in [-0.1, -0.05) is 166 Å². The van der Waals surface area contributed by atoms with Gasteiger partial charge in [-0.05, 0) is 96.6 Å². The van der Waals surface area contributed by atoms with Crippen molar-refractivity contribution in [3.05, 3.63) is 216 Å². The third-order valence-electron chi connectivity index (χ3n) is 13.6. The van der Waals surface area contributed by atoms with Gasteiger partial charge in [-0.25, -0.2) is 4.98 Å². The first-order valence-corrected chi connectivity index (χ1v) is 20.1. The average Bonchev–Trinajstić information content (AvgIpc) is 3.96. The Kier molecular flexibility index (Phi) is 5.93. The monoisotopic (exact) mass is 724 g/mol. The van der Waals surface area contributed by atoms with Gasteiger partial charge in [0.15, 0.2) is 0 Å². The number of para-hydroxylation sites is 1. The summed E-state index contributed by atoms with van der Waals surface area (Å²) in [5.74, 6) is 0. The molecule has 0 bridgehead atoms. The Balaban J connectivity index is 1.12. The van der Waals surface area contributed by atoms with E-state index in [1.807, 2.05) is 0 Å². The molecule has 2 nitrogen and oxygen atoms in total. The van der Waals surface area contributed by atoms with Crippen molar-refractivity contribution in [3.63, 3.8) is 0 Å². The zero-order valence-corrected chi connectivity index (χ0v) is 31.7. The third kappa shape index (κ3) is 3.78. The summed E-state index contributed by atoms with van der Waals surface area (Å²) in [6, 6.07) is 65.7. The Morgan fingerprint density at radius 3 is 1.74 bits per heavy atom. The number of pyridine rings is 1. The predicted molar refractivity (Wildman–Crippen MR) is 234 cm³/mol. The van der Waals surface area contributed by atoms with E-state index in [2.05, 4.69) is 201 Å². The van der Waals surface area contributed by atoms with Gasteiger partial charge in [0, 0.05) is 33.5 Å². The van der Waals surface area contributed by atoms with Crippen molar-refractivity contribution in [2.45, 2.75) is 24.7 Å². The lowest BCUT2D eigenvalue weighted by Gasteiger charge is -2.30. The molecule has 0 saturated carbocycles. The molecule has 1 spiro atoms. The minimum absolute atomic E-state index is 0.0677. The van der Waals surface area contributed by atoms with E-state index in [-0.39, 0.29) is 5.41 Å². The van der Waals surface area contributed by atoms with E-state index in [1.54, 1.807) is 0 Å². The van der Waals surface area contributed by atoms with Crippen molar-refractivity contribution in [2.75, 3.05) is 0 Å². The van der Waals surface area contributed by atoms with Gasteiger partial charge in [0.05, 0.1) is 27.8 Å². The lowest BCUT2D eigenvalue weighted by atomic mass is 9.70. The summed E-state index contributed by atoms with van der Waals surface area (Å²) < 4.78 is 2.46. The highest BCUT2D eigenvalue weighted by Gasteiger charge is 2.52. The van der Waals surface area contributed by atoms with Crippen LogP contribution in [0.1, 0.15) is 47.2 Å². The quantitative estimate of drug-likeness (QED) is 0.174. The van der Waals surface area contributed by atoms with Crippen LogP contribution in [0.15, 0.2) is 182 Å². The summed E-state index contributed by atoms with van der Waals surface area (Å²) in [6.07, 6.45) is 2.35. The van der Waals surface area contributed by atoms with Crippen LogP contribution in [0, 0.1) is 0 Å². The van der Waals surface area contributed by atoms with Crippen molar-refractivity contribution >= 4 is 21.8 Å².